The zero-order valence-electron chi connectivity index (χ0n) is 8.61. The highest BCUT2D eigenvalue weighted by Gasteiger charge is 2.42. The summed E-state index contributed by atoms with van der Waals surface area (Å²) in [5.41, 5.74) is 0. The zero-order chi connectivity index (χ0) is 15.1. The summed E-state index contributed by atoms with van der Waals surface area (Å²) >= 11 is 0. The number of hydrogen-bond donors (Lipinski definition) is 6. The van der Waals surface area contributed by atoms with E-state index in [1.54, 1.807) is 0 Å². The highest BCUT2D eigenvalue weighted by atomic mass is 32.3. The molecule has 0 saturated heterocycles. The molecule has 0 unspecified atom stereocenters. The number of carboxylic acid groups (broad SMARTS) is 1. The van der Waals surface area contributed by atoms with Crippen molar-refractivity contribution in [1.82, 2.24) is 0 Å². The molecule has 0 amide bonds. The number of aliphatic hydroxyl groups is 3. The first-order valence-corrected chi connectivity index (χ1v) is 6.93. The van der Waals surface area contributed by atoms with Crippen molar-refractivity contribution in [1.29, 1.82) is 0 Å². The predicted molar refractivity (Wildman–Crippen MR) is 54.7 cm³/mol. The van der Waals surface area contributed by atoms with Crippen LogP contribution < -0.4 is 0 Å². The van der Waals surface area contributed by atoms with E-state index in [0.717, 1.165) is 0 Å². The van der Waals surface area contributed by atoms with Crippen molar-refractivity contribution >= 4 is 26.2 Å². The number of hydrogen-bond acceptors (Lipinski definition) is 8. The highest BCUT2D eigenvalue weighted by molar-refractivity contribution is 8.05. The van der Waals surface area contributed by atoms with E-state index in [9.17, 15) is 21.6 Å². The van der Waals surface area contributed by atoms with Crippen molar-refractivity contribution in [2.24, 2.45) is 0 Å². The molecule has 0 heterocycles. The Morgan fingerprint density at radius 3 is 1.22 bits per heavy atom. The molecule has 0 aliphatic rings. The van der Waals surface area contributed by atoms with Gasteiger partial charge in [-0.15, -0.1) is 0 Å². The third-order valence-electron chi connectivity index (χ3n) is 1.16. The lowest BCUT2D eigenvalue weighted by molar-refractivity contribution is -0.135. The maximum Gasteiger partial charge on any atom is 0.342 e. The lowest BCUT2D eigenvalue weighted by Gasteiger charge is -2.03. The van der Waals surface area contributed by atoms with E-state index < -0.39 is 36.9 Å². The van der Waals surface area contributed by atoms with Gasteiger partial charge in [0.15, 0.2) is 0 Å². The molecular formula is C5H12O11S2. The van der Waals surface area contributed by atoms with E-state index in [4.69, 9.17) is 29.5 Å². The molecule has 0 atom stereocenters. The van der Waals surface area contributed by atoms with Crippen LogP contribution in [0.1, 0.15) is 0 Å². The third-order valence-corrected chi connectivity index (χ3v) is 4.11. The molecule has 6 N–H and O–H groups in total. The van der Waals surface area contributed by atoms with Gasteiger partial charge in [0.1, 0.15) is 6.10 Å². The second-order valence-corrected chi connectivity index (χ2v) is 6.02. The number of rotatable bonds is 5. The van der Waals surface area contributed by atoms with Crippen molar-refractivity contribution < 1.29 is 51.2 Å². The van der Waals surface area contributed by atoms with Crippen LogP contribution in [0.15, 0.2) is 0 Å². The van der Waals surface area contributed by atoms with Gasteiger partial charge in [-0.25, -0.2) is 4.79 Å². The van der Waals surface area contributed by atoms with Crippen LogP contribution in [0.3, 0.4) is 0 Å². The summed E-state index contributed by atoms with van der Waals surface area (Å²) in [6.07, 6.45) is -0.954. The number of aliphatic hydroxyl groups excluding tert-OH is 3. The van der Waals surface area contributed by atoms with Crippen LogP contribution in [0.25, 0.3) is 0 Å². The lowest BCUT2D eigenvalue weighted by atomic mass is 10.4. The summed E-state index contributed by atoms with van der Waals surface area (Å²) < 4.78 is 53.0. The van der Waals surface area contributed by atoms with Crippen molar-refractivity contribution in [3.8, 4) is 0 Å². The van der Waals surface area contributed by atoms with Crippen LogP contribution in [0.2, 0.25) is 0 Å². The summed E-state index contributed by atoms with van der Waals surface area (Å²) in [5, 5.41) is 32.0. The van der Waals surface area contributed by atoms with Gasteiger partial charge in [0.25, 0.3) is 20.2 Å². The fourth-order valence-corrected chi connectivity index (χ4v) is 2.21. The molecule has 0 radical (unpaired) electrons. The van der Waals surface area contributed by atoms with Gasteiger partial charge in [-0.05, 0) is 0 Å². The Morgan fingerprint density at radius 1 is 0.944 bits per heavy atom. The van der Waals surface area contributed by atoms with Gasteiger partial charge in [-0.1, -0.05) is 0 Å². The van der Waals surface area contributed by atoms with Crippen molar-refractivity contribution in [2.75, 3.05) is 13.2 Å². The maximum absolute atomic E-state index is 10.1. The van der Waals surface area contributed by atoms with Gasteiger partial charge in [0.2, 0.25) is 0 Å². The molecule has 0 aliphatic carbocycles. The Labute approximate surface area is 102 Å². The Hall–Kier alpha value is -0.830. The number of aliphatic carboxylic acids is 1. The largest absolute Gasteiger partial charge is 0.479 e. The quantitative estimate of drug-likeness (QED) is 0.274. The van der Waals surface area contributed by atoms with Crippen molar-refractivity contribution in [3.63, 3.8) is 0 Å². The molecule has 0 fully saturated rings. The van der Waals surface area contributed by atoms with Crippen LogP contribution in [-0.2, 0) is 25.0 Å². The average Bonchev–Trinajstić information content (AvgIpc) is 2.11. The molecule has 0 saturated carbocycles. The van der Waals surface area contributed by atoms with Gasteiger partial charge < -0.3 is 20.4 Å². The molecule has 18 heavy (non-hydrogen) atoms. The first kappa shape index (κ1) is 19.5. The SMILES string of the molecule is O=C(O)C(S(=O)(=O)O)S(=O)(=O)O.OCC(O)CO. The number of carbonyl (C=O) groups is 1. The van der Waals surface area contributed by atoms with Gasteiger partial charge in [0.05, 0.1) is 13.2 Å². The zero-order valence-corrected chi connectivity index (χ0v) is 10.2. The Morgan fingerprint density at radius 2 is 1.22 bits per heavy atom. The second-order valence-electron chi connectivity index (χ2n) is 2.72. The molecule has 110 valence electrons. The van der Waals surface area contributed by atoms with Crippen LogP contribution in [-0.4, -0.2) is 76.2 Å². The van der Waals surface area contributed by atoms with Gasteiger partial charge in [0, 0.05) is 0 Å². The van der Waals surface area contributed by atoms with Crippen LogP contribution in [0.4, 0.5) is 0 Å². The molecule has 0 aliphatic heterocycles. The summed E-state index contributed by atoms with van der Waals surface area (Å²) in [5.74, 6) is -2.38. The number of carboxylic acids is 1. The monoisotopic (exact) mass is 312 g/mol. The summed E-state index contributed by atoms with van der Waals surface area (Å²) in [6.45, 7) is -0.729. The smallest absolute Gasteiger partial charge is 0.342 e. The topological polar surface area (TPSA) is 207 Å². The molecule has 13 heteroatoms. The summed E-state index contributed by atoms with van der Waals surface area (Å²) in [4.78, 5) is 9.91. The van der Waals surface area contributed by atoms with E-state index in [-0.39, 0.29) is 13.2 Å². The normalized spacial score (nSPS) is 12.2. The Bertz CT molecular complexity index is 412. The summed E-state index contributed by atoms with van der Waals surface area (Å²) in [7, 11) is -10.7. The molecule has 0 aromatic rings. The fourth-order valence-electron chi connectivity index (χ4n) is 0.466. The molecular weight excluding hydrogens is 300 g/mol. The molecule has 0 bridgehead atoms. The first-order chi connectivity index (χ1) is 7.87. The van der Waals surface area contributed by atoms with Crippen molar-refractivity contribution in [3.05, 3.63) is 0 Å². The first-order valence-electron chi connectivity index (χ1n) is 3.93. The van der Waals surface area contributed by atoms with E-state index >= 15 is 0 Å². The fraction of sp³-hybridized carbons (Fsp3) is 0.800. The van der Waals surface area contributed by atoms with E-state index in [2.05, 4.69) is 0 Å². The average molecular weight is 312 g/mol. The predicted octanol–water partition coefficient (Wildman–Crippen LogP) is -3.50. The Kier molecular flexibility index (Phi) is 8.21. The molecule has 0 aromatic heterocycles. The Balaban J connectivity index is 0. The van der Waals surface area contributed by atoms with Crippen LogP contribution >= 0.6 is 0 Å². The van der Waals surface area contributed by atoms with Gasteiger partial charge in [-0.3, -0.25) is 9.11 Å². The lowest BCUT2D eigenvalue weighted by Crippen LogP contribution is -2.37. The second kappa shape index (κ2) is 7.57. The minimum absolute atomic E-state index is 0.365. The van der Waals surface area contributed by atoms with Crippen molar-refractivity contribution in [2.45, 2.75) is 10.7 Å². The van der Waals surface area contributed by atoms with Crippen LogP contribution in [0, 0.1) is 0 Å². The molecule has 0 spiro atoms. The van der Waals surface area contributed by atoms with E-state index in [1.165, 1.54) is 0 Å². The minimum atomic E-state index is -5.36. The highest BCUT2D eigenvalue weighted by Crippen LogP contribution is 2.06. The minimum Gasteiger partial charge on any atom is -0.479 e. The standard InChI is InChI=1S/C3H8O3.C2H4O8S2/c4-1-3(6)2-5;3-1(4)2(11(5,6)7)12(8,9)10/h3-6H,1-2H2;2H,(H,3,4)(H,5,6,7)(H,8,9,10). The molecule has 11 nitrogen and oxygen atoms in total. The van der Waals surface area contributed by atoms with E-state index in [0.29, 0.717) is 0 Å². The summed E-state index contributed by atoms with van der Waals surface area (Å²) in [6, 6.07) is 0. The molecule has 0 aromatic carbocycles. The van der Waals surface area contributed by atoms with E-state index in [1.807, 2.05) is 0 Å². The molecule has 0 rings (SSSR count). The van der Waals surface area contributed by atoms with Gasteiger partial charge >= 0.3 is 10.6 Å². The van der Waals surface area contributed by atoms with Crippen LogP contribution in [0.5, 0.6) is 0 Å². The maximum atomic E-state index is 10.1. The third kappa shape index (κ3) is 8.29. The van der Waals surface area contributed by atoms with Gasteiger partial charge in [-0.2, -0.15) is 16.8 Å².